The molecule has 1 unspecified atom stereocenters. The highest BCUT2D eigenvalue weighted by atomic mass is 15.3. The van der Waals surface area contributed by atoms with Gasteiger partial charge in [-0.25, -0.2) is 0 Å². The molecule has 0 aliphatic carbocycles. The largest absolute Gasteiger partial charge is 0.370 e. The lowest BCUT2D eigenvalue weighted by Gasteiger charge is -2.26. The third-order valence-corrected chi connectivity index (χ3v) is 4.41. The van der Waals surface area contributed by atoms with E-state index in [9.17, 15) is 0 Å². The standard InChI is InChI=1S/C15H26N6/c1-2-6-17-13-10-14(19-15(16)18-13)21-9-4-8-20-7-3-5-12(20)11-21/h10,12H,2-9,11H2,1H3,(H3,16,17,18,19). The fourth-order valence-electron chi connectivity index (χ4n) is 3.37. The van der Waals surface area contributed by atoms with Gasteiger partial charge >= 0.3 is 0 Å². The minimum atomic E-state index is 0.360. The zero-order valence-corrected chi connectivity index (χ0v) is 12.9. The molecule has 1 aromatic rings. The molecule has 2 aliphatic heterocycles. The molecule has 6 heteroatoms. The first-order valence-corrected chi connectivity index (χ1v) is 8.13. The van der Waals surface area contributed by atoms with Gasteiger partial charge in [0.2, 0.25) is 5.95 Å². The normalized spacial score (nSPS) is 22.9. The second kappa shape index (κ2) is 6.47. The number of rotatable bonds is 4. The van der Waals surface area contributed by atoms with Crippen molar-refractivity contribution in [2.24, 2.45) is 0 Å². The van der Waals surface area contributed by atoms with E-state index in [1.807, 2.05) is 6.07 Å². The Morgan fingerprint density at radius 2 is 2.14 bits per heavy atom. The molecule has 6 nitrogen and oxygen atoms in total. The minimum Gasteiger partial charge on any atom is -0.370 e. The van der Waals surface area contributed by atoms with Crippen molar-refractivity contribution >= 4 is 17.6 Å². The van der Waals surface area contributed by atoms with Gasteiger partial charge in [-0.1, -0.05) is 6.92 Å². The van der Waals surface area contributed by atoms with Crippen LogP contribution in [0.15, 0.2) is 6.07 Å². The van der Waals surface area contributed by atoms with Gasteiger partial charge in [0, 0.05) is 38.3 Å². The molecule has 0 saturated carbocycles. The van der Waals surface area contributed by atoms with Crippen molar-refractivity contribution < 1.29 is 0 Å². The summed E-state index contributed by atoms with van der Waals surface area (Å²) in [7, 11) is 0. The lowest BCUT2D eigenvalue weighted by atomic mass is 10.2. The molecule has 116 valence electrons. The lowest BCUT2D eigenvalue weighted by molar-refractivity contribution is 0.273. The molecule has 3 rings (SSSR count). The van der Waals surface area contributed by atoms with E-state index in [2.05, 4.69) is 32.0 Å². The van der Waals surface area contributed by atoms with Gasteiger partial charge in [-0.05, 0) is 32.2 Å². The van der Waals surface area contributed by atoms with E-state index in [4.69, 9.17) is 5.73 Å². The average molecular weight is 290 g/mol. The molecule has 0 radical (unpaired) electrons. The van der Waals surface area contributed by atoms with Gasteiger partial charge in [0.15, 0.2) is 0 Å². The number of nitrogens with one attached hydrogen (secondary N) is 1. The number of nitrogens with two attached hydrogens (primary N) is 1. The molecular weight excluding hydrogens is 264 g/mol. The van der Waals surface area contributed by atoms with Crippen molar-refractivity contribution in [2.75, 3.05) is 48.7 Å². The molecule has 2 saturated heterocycles. The highest BCUT2D eigenvalue weighted by Gasteiger charge is 2.29. The Balaban J connectivity index is 1.76. The van der Waals surface area contributed by atoms with Crippen LogP contribution in [-0.2, 0) is 0 Å². The van der Waals surface area contributed by atoms with Crippen LogP contribution in [-0.4, -0.2) is 53.6 Å². The number of anilines is 3. The van der Waals surface area contributed by atoms with Crippen LogP contribution in [0.1, 0.15) is 32.6 Å². The van der Waals surface area contributed by atoms with E-state index < -0.39 is 0 Å². The fourth-order valence-corrected chi connectivity index (χ4v) is 3.37. The molecule has 1 aromatic heterocycles. The molecule has 3 heterocycles. The summed E-state index contributed by atoms with van der Waals surface area (Å²) in [4.78, 5) is 13.7. The van der Waals surface area contributed by atoms with E-state index in [0.717, 1.165) is 37.7 Å². The summed E-state index contributed by atoms with van der Waals surface area (Å²) in [5.41, 5.74) is 5.88. The molecule has 0 amide bonds. The highest BCUT2D eigenvalue weighted by Crippen LogP contribution is 2.25. The van der Waals surface area contributed by atoms with Crippen LogP contribution in [0.2, 0.25) is 0 Å². The van der Waals surface area contributed by atoms with Crippen molar-refractivity contribution in [3.05, 3.63) is 6.07 Å². The molecule has 21 heavy (non-hydrogen) atoms. The number of fused-ring (bicyclic) bond motifs is 1. The second-order valence-electron chi connectivity index (χ2n) is 6.03. The van der Waals surface area contributed by atoms with Crippen LogP contribution in [0.25, 0.3) is 0 Å². The summed E-state index contributed by atoms with van der Waals surface area (Å²) in [6.45, 7) is 7.63. The van der Waals surface area contributed by atoms with Crippen LogP contribution >= 0.6 is 0 Å². The first-order valence-electron chi connectivity index (χ1n) is 8.13. The quantitative estimate of drug-likeness (QED) is 0.877. The van der Waals surface area contributed by atoms with E-state index in [1.165, 1.54) is 32.4 Å². The fraction of sp³-hybridized carbons (Fsp3) is 0.733. The predicted octanol–water partition coefficient (Wildman–Crippen LogP) is 1.56. The Bertz CT molecular complexity index is 477. The molecular formula is C15H26N6. The first kappa shape index (κ1) is 14.4. The molecule has 0 aromatic carbocycles. The zero-order valence-electron chi connectivity index (χ0n) is 12.9. The number of aromatic nitrogens is 2. The van der Waals surface area contributed by atoms with E-state index >= 15 is 0 Å². The molecule has 3 N–H and O–H groups in total. The maximum absolute atomic E-state index is 5.88. The molecule has 1 atom stereocenters. The summed E-state index contributed by atoms with van der Waals surface area (Å²) in [5, 5.41) is 3.31. The zero-order chi connectivity index (χ0) is 14.7. The summed E-state index contributed by atoms with van der Waals surface area (Å²) in [5.74, 6) is 2.17. The lowest BCUT2D eigenvalue weighted by Crippen LogP contribution is -2.37. The Kier molecular flexibility index (Phi) is 4.43. The van der Waals surface area contributed by atoms with Gasteiger partial charge < -0.3 is 16.0 Å². The van der Waals surface area contributed by atoms with Crippen LogP contribution in [0.5, 0.6) is 0 Å². The van der Waals surface area contributed by atoms with Crippen LogP contribution < -0.4 is 16.0 Å². The maximum Gasteiger partial charge on any atom is 0.223 e. The SMILES string of the molecule is CCCNc1cc(N2CCCN3CCCC3C2)nc(N)n1. The maximum atomic E-state index is 5.88. The third-order valence-electron chi connectivity index (χ3n) is 4.41. The van der Waals surface area contributed by atoms with Crippen molar-refractivity contribution in [1.82, 2.24) is 14.9 Å². The van der Waals surface area contributed by atoms with E-state index in [0.29, 0.717) is 12.0 Å². The highest BCUT2D eigenvalue weighted by molar-refractivity contribution is 5.52. The van der Waals surface area contributed by atoms with Crippen LogP contribution in [0, 0.1) is 0 Å². The average Bonchev–Trinajstić information content (AvgIpc) is 2.81. The molecule has 2 aliphatic rings. The predicted molar refractivity (Wildman–Crippen MR) is 86.7 cm³/mol. The van der Waals surface area contributed by atoms with E-state index in [-0.39, 0.29) is 0 Å². The monoisotopic (exact) mass is 290 g/mol. The molecule has 0 bridgehead atoms. The van der Waals surface area contributed by atoms with Gasteiger partial charge in [-0.3, -0.25) is 4.90 Å². The third kappa shape index (κ3) is 3.37. The first-order chi connectivity index (χ1) is 10.3. The Hall–Kier alpha value is -1.56. The van der Waals surface area contributed by atoms with Gasteiger partial charge in [0.25, 0.3) is 0 Å². The Morgan fingerprint density at radius 3 is 3.00 bits per heavy atom. The number of hydrogen-bond donors (Lipinski definition) is 2. The smallest absolute Gasteiger partial charge is 0.223 e. The van der Waals surface area contributed by atoms with Gasteiger partial charge in [-0.2, -0.15) is 9.97 Å². The topological polar surface area (TPSA) is 70.3 Å². The number of hydrogen-bond acceptors (Lipinski definition) is 6. The Labute approximate surface area is 126 Å². The summed E-state index contributed by atoms with van der Waals surface area (Å²) >= 11 is 0. The van der Waals surface area contributed by atoms with Crippen molar-refractivity contribution in [1.29, 1.82) is 0 Å². The number of nitrogen functional groups attached to an aromatic ring is 1. The van der Waals surface area contributed by atoms with Crippen molar-refractivity contribution in [3.63, 3.8) is 0 Å². The van der Waals surface area contributed by atoms with Crippen LogP contribution in [0.3, 0.4) is 0 Å². The minimum absolute atomic E-state index is 0.360. The molecule has 0 spiro atoms. The summed E-state index contributed by atoms with van der Waals surface area (Å²) in [6.07, 6.45) is 4.89. The van der Waals surface area contributed by atoms with Gasteiger partial charge in [0.05, 0.1) is 0 Å². The van der Waals surface area contributed by atoms with Crippen molar-refractivity contribution in [2.45, 2.75) is 38.6 Å². The van der Waals surface area contributed by atoms with Gasteiger partial charge in [-0.15, -0.1) is 0 Å². The van der Waals surface area contributed by atoms with Gasteiger partial charge in [0.1, 0.15) is 11.6 Å². The van der Waals surface area contributed by atoms with Crippen molar-refractivity contribution in [3.8, 4) is 0 Å². The summed E-state index contributed by atoms with van der Waals surface area (Å²) < 4.78 is 0. The van der Waals surface area contributed by atoms with Crippen LogP contribution in [0.4, 0.5) is 17.6 Å². The Morgan fingerprint density at radius 1 is 1.29 bits per heavy atom. The summed E-state index contributed by atoms with van der Waals surface area (Å²) in [6, 6.07) is 2.71. The second-order valence-corrected chi connectivity index (χ2v) is 6.03. The number of nitrogens with zero attached hydrogens (tertiary/aromatic N) is 4. The van der Waals surface area contributed by atoms with E-state index in [1.54, 1.807) is 0 Å². The molecule has 2 fully saturated rings.